The van der Waals surface area contributed by atoms with E-state index in [1.54, 1.807) is 0 Å². The molecule has 1 aromatic carbocycles. The van der Waals surface area contributed by atoms with Gasteiger partial charge in [-0.25, -0.2) is 0 Å². The smallest absolute Gasteiger partial charge is 0.133 e. The van der Waals surface area contributed by atoms with Crippen molar-refractivity contribution in [3.05, 3.63) is 35.4 Å². The van der Waals surface area contributed by atoms with Crippen molar-refractivity contribution in [3.8, 4) is 6.07 Å². The van der Waals surface area contributed by atoms with E-state index in [9.17, 15) is 4.79 Å². The van der Waals surface area contributed by atoms with Crippen LogP contribution in [0.15, 0.2) is 24.3 Å². The molecule has 0 spiro atoms. The van der Waals surface area contributed by atoms with Gasteiger partial charge in [-0.2, -0.15) is 5.26 Å². The lowest BCUT2D eigenvalue weighted by molar-refractivity contribution is -0.121. The van der Waals surface area contributed by atoms with E-state index in [1.807, 2.05) is 24.3 Å². The van der Waals surface area contributed by atoms with Gasteiger partial charge in [0.2, 0.25) is 0 Å². The molecule has 1 atom stereocenters. The van der Waals surface area contributed by atoms with Crippen molar-refractivity contribution in [3.63, 3.8) is 0 Å². The Balaban J connectivity index is 2.03. The maximum atomic E-state index is 11.3. The van der Waals surface area contributed by atoms with Gasteiger partial charge in [0.25, 0.3) is 0 Å². The van der Waals surface area contributed by atoms with Gasteiger partial charge in [-0.05, 0) is 42.9 Å². The maximum absolute atomic E-state index is 11.3. The molecule has 1 aliphatic carbocycles. The Morgan fingerprint density at radius 2 is 2.31 bits per heavy atom. The number of carbonyl (C=O) groups excluding carboxylic acids is 1. The minimum Gasteiger partial charge on any atom is -0.300 e. The molecule has 0 aliphatic heterocycles. The third-order valence-electron chi connectivity index (χ3n) is 3.16. The highest BCUT2D eigenvalue weighted by Crippen LogP contribution is 2.25. The van der Waals surface area contributed by atoms with Crippen LogP contribution in [0.4, 0.5) is 0 Å². The van der Waals surface area contributed by atoms with Crippen LogP contribution in [0.1, 0.15) is 36.8 Å². The minimum atomic E-state index is 0.396. The molecule has 82 valence electrons. The van der Waals surface area contributed by atoms with Crippen molar-refractivity contribution in [2.75, 3.05) is 0 Å². The summed E-state index contributed by atoms with van der Waals surface area (Å²) in [7, 11) is 0. The zero-order valence-electron chi connectivity index (χ0n) is 9.28. The molecule has 0 amide bonds. The molecule has 0 aromatic heterocycles. The second-order valence-corrected chi connectivity index (χ2v) is 4.52. The Kier molecular flexibility index (Phi) is 3.36. The van der Waals surface area contributed by atoms with Crippen LogP contribution in [0.25, 0.3) is 0 Å². The predicted molar refractivity (Wildman–Crippen MR) is 61.8 cm³/mol. The summed E-state index contributed by atoms with van der Waals surface area (Å²) >= 11 is 0. The summed E-state index contributed by atoms with van der Waals surface area (Å²) in [6.07, 6.45) is 4.58. The van der Waals surface area contributed by atoms with Crippen LogP contribution < -0.4 is 0 Å². The van der Waals surface area contributed by atoms with Crippen LogP contribution in [0, 0.1) is 17.2 Å². The van der Waals surface area contributed by atoms with Crippen LogP contribution in [0.3, 0.4) is 0 Å². The van der Waals surface area contributed by atoms with Gasteiger partial charge >= 0.3 is 0 Å². The van der Waals surface area contributed by atoms with Gasteiger partial charge < -0.3 is 0 Å². The highest BCUT2D eigenvalue weighted by molar-refractivity contribution is 5.79. The maximum Gasteiger partial charge on any atom is 0.133 e. The molecule has 0 bridgehead atoms. The topological polar surface area (TPSA) is 40.9 Å². The van der Waals surface area contributed by atoms with Gasteiger partial charge in [-0.15, -0.1) is 0 Å². The zero-order chi connectivity index (χ0) is 11.4. The monoisotopic (exact) mass is 213 g/mol. The third-order valence-corrected chi connectivity index (χ3v) is 3.16. The van der Waals surface area contributed by atoms with Crippen molar-refractivity contribution in [2.24, 2.45) is 5.92 Å². The summed E-state index contributed by atoms with van der Waals surface area (Å²) in [5.41, 5.74) is 1.89. The molecule has 0 unspecified atom stereocenters. The summed E-state index contributed by atoms with van der Waals surface area (Å²) in [6.45, 7) is 0. The fourth-order valence-corrected chi connectivity index (χ4v) is 2.39. The number of rotatable bonds is 2. The molecule has 0 N–H and O–H groups in total. The van der Waals surface area contributed by atoms with Gasteiger partial charge in [0.15, 0.2) is 0 Å². The van der Waals surface area contributed by atoms with E-state index in [0.29, 0.717) is 17.3 Å². The van der Waals surface area contributed by atoms with Crippen molar-refractivity contribution in [2.45, 2.75) is 32.1 Å². The second-order valence-electron chi connectivity index (χ2n) is 4.52. The Bertz CT molecular complexity index is 431. The first-order chi connectivity index (χ1) is 7.78. The number of hydrogen-bond donors (Lipinski definition) is 0. The molecule has 0 saturated heterocycles. The number of nitrogens with zero attached hydrogens (tertiary/aromatic N) is 1. The summed E-state index contributed by atoms with van der Waals surface area (Å²) in [5, 5.41) is 8.81. The fraction of sp³-hybridized carbons (Fsp3) is 0.429. The van der Waals surface area contributed by atoms with E-state index in [0.717, 1.165) is 32.1 Å². The Morgan fingerprint density at radius 3 is 3.06 bits per heavy atom. The lowest BCUT2D eigenvalue weighted by Gasteiger charge is -2.20. The van der Waals surface area contributed by atoms with Crippen molar-refractivity contribution in [1.82, 2.24) is 0 Å². The average molecular weight is 213 g/mol. The summed E-state index contributed by atoms with van der Waals surface area (Å²) in [4.78, 5) is 11.3. The number of carbonyl (C=O) groups is 1. The predicted octanol–water partition coefficient (Wildman–Crippen LogP) is 2.86. The highest BCUT2D eigenvalue weighted by atomic mass is 16.1. The molecule has 0 heterocycles. The van der Waals surface area contributed by atoms with Crippen LogP contribution in [-0.4, -0.2) is 5.78 Å². The second kappa shape index (κ2) is 4.94. The first-order valence-corrected chi connectivity index (χ1v) is 5.78. The minimum absolute atomic E-state index is 0.396. The number of hydrogen-bond acceptors (Lipinski definition) is 2. The van der Waals surface area contributed by atoms with E-state index in [1.165, 1.54) is 5.56 Å². The Labute approximate surface area is 95.9 Å². The fourth-order valence-electron chi connectivity index (χ4n) is 2.39. The Hall–Kier alpha value is -1.62. The molecular formula is C14H15NO. The zero-order valence-corrected chi connectivity index (χ0v) is 9.28. The number of benzene rings is 1. The largest absolute Gasteiger partial charge is 0.300 e. The van der Waals surface area contributed by atoms with E-state index in [4.69, 9.17) is 5.26 Å². The first-order valence-electron chi connectivity index (χ1n) is 5.78. The van der Waals surface area contributed by atoms with Gasteiger partial charge in [-0.1, -0.05) is 12.1 Å². The normalized spacial score (nSPS) is 20.4. The number of Topliss-reactive ketones (excluding diaryl/α,β-unsaturated/α-hetero) is 1. The SMILES string of the molecule is N#Cc1cccc(C[C@@H]2CCCC(=O)C2)c1. The van der Waals surface area contributed by atoms with Crippen molar-refractivity contribution < 1.29 is 4.79 Å². The number of ketones is 1. The lowest BCUT2D eigenvalue weighted by atomic mass is 9.84. The number of nitriles is 1. The highest BCUT2D eigenvalue weighted by Gasteiger charge is 2.19. The van der Waals surface area contributed by atoms with Crippen LogP contribution in [0.5, 0.6) is 0 Å². The van der Waals surface area contributed by atoms with Crippen molar-refractivity contribution >= 4 is 5.78 Å². The lowest BCUT2D eigenvalue weighted by Crippen LogP contribution is -2.16. The van der Waals surface area contributed by atoms with E-state index < -0.39 is 0 Å². The molecular weight excluding hydrogens is 198 g/mol. The molecule has 2 rings (SSSR count). The van der Waals surface area contributed by atoms with E-state index in [2.05, 4.69) is 6.07 Å². The van der Waals surface area contributed by atoms with Gasteiger partial charge in [0.05, 0.1) is 11.6 Å². The van der Waals surface area contributed by atoms with Crippen LogP contribution >= 0.6 is 0 Å². The molecule has 1 aromatic rings. The molecule has 1 aliphatic rings. The van der Waals surface area contributed by atoms with E-state index >= 15 is 0 Å². The Morgan fingerprint density at radius 1 is 1.44 bits per heavy atom. The molecule has 1 saturated carbocycles. The standard InChI is InChI=1S/C14H15NO/c15-10-13-5-1-3-11(8-13)7-12-4-2-6-14(16)9-12/h1,3,5,8,12H,2,4,6-7,9H2/t12-/m0/s1. The van der Waals surface area contributed by atoms with Gasteiger partial charge in [0, 0.05) is 12.8 Å². The first kappa shape index (κ1) is 10.9. The van der Waals surface area contributed by atoms with Gasteiger partial charge in [0.1, 0.15) is 5.78 Å². The molecule has 2 nitrogen and oxygen atoms in total. The van der Waals surface area contributed by atoms with Crippen molar-refractivity contribution in [1.29, 1.82) is 5.26 Å². The molecule has 0 radical (unpaired) electrons. The quantitative estimate of drug-likeness (QED) is 0.758. The summed E-state index contributed by atoms with van der Waals surface area (Å²) in [5.74, 6) is 0.878. The third kappa shape index (κ3) is 2.70. The average Bonchev–Trinajstić information content (AvgIpc) is 2.29. The van der Waals surface area contributed by atoms with Gasteiger partial charge in [-0.3, -0.25) is 4.79 Å². The molecule has 2 heteroatoms. The molecule has 1 fully saturated rings. The van der Waals surface area contributed by atoms with E-state index in [-0.39, 0.29) is 0 Å². The summed E-state index contributed by atoms with van der Waals surface area (Å²) in [6, 6.07) is 9.85. The summed E-state index contributed by atoms with van der Waals surface area (Å²) < 4.78 is 0. The van der Waals surface area contributed by atoms with Crippen LogP contribution in [0.2, 0.25) is 0 Å². The van der Waals surface area contributed by atoms with Crippen LogP contribution in [-0.2, 0) is 11.2 Å². The molecule has 16 heavy (non-hydrogen) atoms.